The van der Waals surface area contributed by atoms with Gasteiger partial charge in [-0.25, -0.2) is 0 Å². The summed E-state index contributed by atoms with van der Waals surface area (Å²) in [5.41, 5.74) is 0.301. The van der Waals surface area contributed by atoms with E-state index in [-0.39, 0.29) is 5.92 Å². The van der Waals surface area contributed by atoms with Crippen LogP contribution in [0.2, 0.25) is 0 Å². The number of rotatable bonds is 2. The molecule has 0 radical (unpaired) electrons. The third-order valence-corrected chi connectivity index (χ3v) is 2.18. The third kappa shape index (κ3) is 2.61. The van der Waals surface area contributed by atoms with Crippen molar-refractivity contribution in [3.63, 3.8) is 0 Å². The lowest BCUT2D eigenvalue weighted by Gasteiger charge is -2.24. The van der Waals surface area contributed by atoms with Gasteiger partial charge < -0.3 is 4.74 Å². The first kappa shape index (κ1) is 11.3. The van der Waals surface area contributed by atoms with Crippen LogP contribution >= 0.6 is 0 Å². The smallest absolute Gasteiger partial charge is 0.368 e. The molecule has 0 heterocycles. The maximum Gasteiger partial charge on any atom is 0.418 e. The van der Waals surface area contributed by atoms with Gasteiger partial charge in [-0.05, 0) is 17.9 Å². The van der Waals surface area contributed by atoms with Crippen molar-refractivity contribution >= 4 is 0 Å². The van der Waals surface area contributed by atoms with Crippen molar-refractivity contribution in [3.05, 3.63) is 23.8 Å². The number of allylic oxidation sites excluding steroid dienone is 3. The molecular weight excluding hydrogens is 193 g/mol. The topological polar surface area (TPSA) is 9.23 Å². The molecule has 0 aromatic rings. The highest BCUT2D eigenvalue weighted by Gasteiger charge is 2.42. The van der Waals surface area contributed by atoms with Gasteiger partial charge in [0.2, 0.25) is 0 Å². The molecule has 0 bridgehead atoms. The van der Waals surface area contributed by atoms with Crippen molar-refractivity contribution < 1.29 is 17.9 Å². The van der Waals surface area contributed by atoms with E-state index in [0.717, 1.165) is 7.11 Å². The highest BCUT2D eigenvalue weighted by molar-refractivity contribution is 5.23. The standard InChI is InChI=1S/C10H13F3O/c1-7-4-3-5-8(6-7)9(14-2)10(11,12)13/h3-5,7,9H,6H2,1-2H3. The van der Waals surface area contributed by atoms with E-state index < -0.39 is 12.3 Å². The molecule has 4 heteroatoms. The van der Waals surface area contributed by atoms with E-state index in [2.05, 4.69) is 4.74 Å². The lowest BCUT2D eigenvalue weighted by molar-refractivity contribution is -0.200. The summed E-state index contributed by atoms with van der Waals surface area (Å²) >= 11 is 0. The molecule has 14 heavy (non-hydrogen) atoms. The molecular formula is C10H13F3O. The molecule has 1 aliphatic rings. The fraction of sp³-hybridized carbons (Fsp3) is 0.600. The number of methoxy groups -OCH3 is 1. The van der Waals surface area contributed by atoms with Crippen molar-refractivity contribution in [1.82, 2.24) is 0 Å². The van der Waals surface area contributed by atoms with Gasteiger partial charge in [-0.1, -0.05) is 25.2 Å². The first-order valence-corrected chi connectivity index (χ1v) is 4.42. The Labute approximate surface area is 81.2 Å². The van der Waals surface area contributed by atoms with Crippen molar-refractivity contribution in [1.29, 1.82) is 0 Å². The molecule has 2 atom stereocenters. The van der Waals surface area contributed by atoms with Gasteiger partial charge in [0.25, 0.3) is 0 Å². The van der Waals surface area contributed by atoms with E-state index in [0.29, 0.717) is 12.0 Å². The number of ether oxygens (including phenoxy) is 1. The monoisotopic (exact) mass is 206 g/mol. The van der Waals surface area contributed by atoms with Gasteiger partial charge in [0.1, 0.15) is 0 Å². The molecule has 0 aromatic carbocycles. The molecule has 0 N–H and O–H groups in total. The van der Waals surface area contributed by atoms with Crippen LogP contribution in [0, 0.1) is 5.92 Å². The largest absolute Gasteiger partial charge is 0.418 e. The molecule has 0 fully saturated rings. The number of hydrogen-bond acceptors (Lipinski definition) is 1. The van der Waals surface area contributed by atoms with Crippen LogP contribution in [0.3, 0.4) is 0 Å². The summed E-state index contributed by atoms with van der Waals surface area (Å²) < 4.78 is 41.8. The molecule has 0 aromatic heterocycles. The van der Waals surface area contributed by atoms with Crippen LogP contribution in [0.4, 0.5) is 13.2 Å². The van der Waals surface area contributed by atoms with E-state index in [4.69, 9.17) is 0 Å². The zero-order valence-corrected chi connectivity index (χ0v) is 8.14. The second-order valence-corrected chi connectivity index (χ2v) is 3.47. The summed E-state index contributed by atoms with van der Waals surface area (Å²) in [6.07, 6.45) is -0.634. The summed E-state index contributed by atoms with van der Waals surface area (Å²) in [5, 5.41) is 0. The maximum atomic E-state index is 12.4. The Balaban J connectivity index is 2.80. The molecule has 0 spiro atoms. The van der Waals surface area contributed by atoms with Crippen LogP contribution in [-0.4, -0.2) is 19.4 Å². The molecule has 1 aliphatic carbocycles. The Morgan fingerprint density at radius 2 is 2.14 bits per heavy atom. The van der Waals surface area contributed by atoms with Crippen LogP contribution in [0.25, 0.3) is 0 Å². The fourth-order valence-electron chi connectivity index (χ4n) is 1.57. The van der Waals surface area contributed by atoms with Crippen molar-refractivity contribution in [3.8, 4) is 0 Å². The lowest BCUT2D eigenvalue weighted by Crippen LogP contribution is -2.33. The Bertz CT molecular complexity index is 253. The summed E-state index contributed by atoms with van der Waals surface area (Å²) in [4.78, 5) is 0. The van der Waals surface area contributed by atoms with E-state index in [9.17, 15) is 13.2 Å². The van der Waals surface area contributed by atoms with Crippen LogP contribution in [0.5, 0.6) is 0 Å². The van der Waals surface area contributed by atoms with Gasteiger partial charge in [-0.2, -0.15) is 13.2 Å². The molecule has 80 valence electrons. The summed E-state index contributed by atoms with van der Waals surface area (Å²) in [5.74, 6) is 0.148. The summed E-state index contributed by atoms with van der Waals surface area (Å²) in [7, 11) is 1.09. The molecule has 0 amide bonds. The first-order valence-electron chi connectivity index (χ1n) is 4.42. The van der Waals surface area contributed by atoms with Crippen LogP contribution in [-0.2, 0) is 4.74 Å². The molecule has 0 saturated heterocycles. The Morgan fingerprint density at radius 3 is 2.57 bits per heavy atom. The minimum atomic E-state index is -4.31. The molecule has 2 unspecified atom stereocenters. The van der Waals surface area contributed by atoms with Gasteiger partial charge in [-0.15, -0.1) is 0 Å². The normalized spacial score (nSPS) is 24.6. The van der Waals surface area contributed by atoms with Gasteiger partial charge >= 0.3 is 6.18 Å². The highest BCUT2D eigenvalue weighted by Crippen LogP contribution is 2.32. The number of alkyl halides is 3. The van der Waals surface area contributed by atoms with Crippen molar-refractivity contribution in [2.75, 3.05) is 7.11 Å². The van der Waals surface area contributed by atoms with Crippen LogP contribution < -0.4 is 0 Å². The van der Waals surface area contributed by atoms with Crippen molar-refractivity contribution in [2.45, 2.75) is 25.6 Å². The zero-order valence-electron chi connectivity index (χ0n) is 8.14. The third-order valence-electron chi connectivity index (χ3n) is 2.18. The maximum absolute atomic E-state index is 12.4. The molecule has 1 rings (SSSR count). The minimum Gasteiger partial charge on any atom is -0.368 e. The number of halogens is 3. The number of hydrogen-bond donors (Lipinski definition) is 0. The van der Waals surface area contributed by atoms with E-state index in [1.807, 2.05) is 13.0 Å². The first-order chi connectivity index (χ1) is 6.45. The molecule has 0 aliphatic heterocycles. The Morgan fingerprint density at radius 1 is 1.50 bits per heavy atom. The summed E-state index contributed by atoms with van der Waals surface area (Å²) in [6.45, 7) is 1.88. The second kappa shape index (κ2) is 4.17. The van der Waals surface area contributed by atoms with Gasteiger partial charge in [-0.3, -0.25) is 0 Å². The Hall–Kier alpha value is -0.770. The SMILES string of the molecule is COC(C1=CC=CC(C)C1)C(F)(F)F. The molecule has 1 nitrogen and oxygen atoms in total. The van der Waals surface area contributed by atoms with E-state index in [1.165, 1.54) is 6.08 Å². The average Bonchev–Trinajstić information content (AvgIpc) is 2.02. The van der Waals surface area contributed by atoms with Crippen LogP contribution in [0.15, 0.2) is 23.8 Å². The van der Waals surface area contributed by atoms with Crippen molar-refractivity contribution in [2.24, 2.45) is 5.92 Å². The van der Waals surface area contributed by atoms with E-state index in [1.54, 1.807) is 6.08 Å². The van der Waals surface area contributed by atoms with E-state index >= 15 is 0 Å². The van der Waals surface area contributed by atoms with Gasteiger partial charge in [0.05, 0.1) is 0 Å². The highest BCUT2D eigenvalue weighted by atomic mass is 19.4. The quantitative estimate of drug-likeness (QED) is 0.674. The zero-order chi connectivity index (χ0) is 10.8. The average molecular weight is 206 g/mol. The summed E-state index contributed by atoms with van der Waals surface area (Å²) in [6, 6.07) is 0. The van der Waals surface area contributed by atoms with Gasteiger partial charge in [0.15, 0.2) is 6.10 Å². The van der Waals surface area contributed by atoms with Crippen LogP contribution in [0.1, 0.15) is 13.3 Å². The fourth-order valence-corrected chi connectivity index (χ4v) is 1.57. The van der Waals surface area contributed by atoms with Gasteiger partial charge in [0, 0.05) is 7.11 Å². The molecule has 0 saturated carbocycles. The predicted molar refractivity (Wildman–Crippen MR) is 47.9 cm³/mol. The second-order valence-electron chi connectivity index (χ2n) is 3.47. The Kier molecular flexibility index (Phi) is 3.37. The minimum absolute atomic E-state index is 0.148. The lowest BCUT2D eigenvalue weighted by atomic mass is 9.92. The predicted octanol–water partition coefficient (Wildman–Crippen LogP) is 3.09.